The molecule has 1 aliphatic carbocycles. The third kappa shape index (κ3) is 2.71. The number of aryl methyl sites for hydroxylation is 1. The van der Waals surface area contributed by atoms with Crippen LogP contribution in [0, 0.1) is 12.8 Å². The molecule has 2 aliphatic rings. The van der Waals surface area contributed by atoms with Crippen molar-refractivity contribution >= 4 is 21.7 Å². The smallest absolute Gasteiger partial charge is 0.167 e. The molecule has 0 bridgehead atoms. The van der Waals surface area contributed by atoms with Gasteiger partial charge in [0, 0.05) is 22.6 Å². The minimum absolute atomic E-state index is 0.00881. The van der Waals surface area contributed by atoms with Crippen LogP contribution in [-0.2, 0) is 4.74 Å². The quantitative estimate of drug-likeness (QED) is 0.733. The van der Waals surface area contributed by atoms with Crippen molar-refractivity contribution in [2.45, 2.75) is 51.0 Å². The van der Waals surface area contributed by atoms with Crippen molar-refractivity contribution in [1.29, 1.82) is 0 Å². The summed E-state index contributed by atoms with van der Waals surface area (Å²) < 4.78 is 6.95. The van der Waals surface area contributed by atoms with Crippen molar-refractivity contribution in [3.63, 3.8) is 0 Å². The van der Waals surface area contributed by atoms with E-state index in [0.717, 1.165) is 47.9 Å². The molecule has 2 nitrogen and oxygen atoms in total. The molecular weight excluding hydrogens is 316 g/mol. The van der Waals surface area contributed by atoms with E-state index in [1.54, 1.807) is 0 Å². The molecule has 1 heterocycles. The molecule has 1 saturated carbocycles. The summed E-state index contributed by atoms with van der Waals surface area (Å²) >= 11 is 3.52. The van der Waals surface area contributed by atoms with Gasteiger partial charge in [-0.15, -0.1) is 0 Å². The van der Waals surface area contributed by atoms with E-state index in [9.17, 15) is 4.79 Å². The number of carbonyl (C=O) groups excluding carboxylic acids is 1. The molecule has 108 valence electrons. The third-order valence-corrected chi connectivity index (χ3v) is 5.46. The van der Waals surface area contributed by atoms with E-state index < -0.39 is 0 Å². The molecule has 0 N–H and O–H groups in total. The average Bonchev–Trinajstić information content (AvgIpc) is 2.88. The Labute approximate surface area is 129 Å². The van der Waals surface area contributed by atoms with E-state index in [-0.39, 0.29) is 17.3 Å². The Hall–Kier alpha value is -0.670. The summed E-state index contributed by atoms with van der Waals surface area (Å²) in [5, 5.41) is 0. The fourth-order valence-electron chi connectivity index (χ4n) is 3.67. The van der Waals surface area contributed by atoms with Gasteiger partial charge in [0.15, 0.2) is 5.78 Å². The van der Waals surface area contributed by atoms with Crippen molar-refractivity contribution in [3.05, 3.63) is 33.8 Å². The van der Waals surface area contributed by atoms with E-state index in [4.69, 9.17) is 4.74 Å². The molecule has 3 heteroatoms. The molecule has 1 spiro atoms. The van der Waals surface area contributed by atoms with E-state index >= 15 is 0 Å². The molecule has 1 unspecified atom stereocenters. The number of ether oxygens (including phenoxy) is 1. The van der Waals surface area contributed by atoms with Crippen molar-refractivity contribution in [3.8, 4) is 0 Å². The van der Waals surface area contributed by atoms with Crippen LogP contribution in [-0.4, -0.2) is 18.0 Å². The Morgan fingerprint density at radius 2 is 2.10 bits per heavy atom. The van der Waals surface area contributed by atoms with Gasteiger partial charge in [0.05, 0.1) is 5.60 Å². The first-order valence-electron chi connectivity index (χ1n) is 7.54. The highest BCUT2D eigenvalue weighted by atomic mass is 79.9. The van der Waals surface area contributed by atoms with Crippen molar-refractivity contribution in [2.75, 3.05) is 6.61 Å². The fourth-order valence-corrected chi connectivity index (χ4v) is 4.11. The summed E-state index contributed by atoms with van der Waals surface area (Å²) in [6.07, 6.45) is 6.52. The van der Waals surface area contributed by atoms with E-state index in [0.29, 0.717) is 0 Å². The highest BCUT2D eigenvalue weighted by molar-refractivity contribution is 9.10. The second kappa shape index (κ2) is 5.61. The molecule has 1 atom stereocenters. The lowest BCUT2D eigenvalue weighted by molar-refractivity contribution is -0.0866. The number of hydrogen-bond donors (Lipinski definition) is 0. The van der Waals surface area contributed by atoms with E-state index in [1.165, 1.54) is 12.8 Å². The van der Waals surface area contributed by atoms with Crippen molar-refractivity contribution in [1.82, 2.24) is 0 Å². The van der Waals surface area contributed by atoms with Crippen LogP contribution in [0.4, 0.5) is 0 Å². The molecule has 1 aromatic rings. The summed E-state index contributed by atoms with van der Waals surface area (Å²) in [6, 6.07) is 6.01. The second-order valence-electron chi connectivity index (χ2n) is 6.28. The summed E-state index contributed by atoms with van der Waals surface area (Å²) in [6.45, 7) is 2.77. The van der Waals surface area contributed by atoms with Crippen LogP contribution in [0.15, 0.2) is 22.7 Å². The highest BCUT2D eigenvalue weighted by Crippen LogP contribution is 2.43. The lowest BCUT2D eigenvalue weighted by Crippen LogP contribution is -2.39. The zero-order valence-electron chi connectivity index (χ0n) is 12.0. The predicted molar refractivity (Wildman–Crippen MR) is 83.1 cm³/mol. The van der Waals surface area contributed by atoms with Gasteiger partial charge < -0.3 is 4.74 Å². The first-order valence-corrected chi connectivity index (χ1v) is 8.33. The molecule has 20 heavy (non-hydrogen) atoms. The topological polar surface area (TPSA) is 26.3 Å². The van der Waals surface area contributed by atoms with Crippen LogP contribution < -0.4 is 0 Å². The SMILES string of the molecule is Cc1ccc(Br)c(C(=O)C2CCOC3(CCCC3)C2)c1. The van der Waals surface area contributed by atoms with E-state index in [1.807, 2.05) is 25.1 Å². The Morgan fingerprint density at radius 3 is 2.85 bits per heavy atom. The van der Waals surface area contributed by atoms with Gasteiger partial charge in [-0.3, -0.25) is 4.79 Å². The number of carbonyl (C=O) groups is 1. The normalized spacial score (nSPS) is 25.0. The van der Waals surface area contributed by atoms with Crippen molar-refractivity contribution < 1.29 is 9.53 Å². The minimum Gasteiger partial charge on any atom is -0.375 e. The minimum atomic E-state index is 0.00881. The number of hydrogen-bond acceptors (Lipinski definition) is 2. The van der Waals surface area contributed by atoms with E-state index in [2.05, 4.69) is 15.9 Å². The molecule has 2 fully saturated rings. The Balaban J connectivity index is 1.81. The number of rotatable bonds is 2. The van der Waals surface area contributed by atoms with Gasteiger partial charge in [0.2, 0.25) is 0 Å². The monoisotopic (exact) mass is 336 g/mol. The Kier molecular flexibility index (Phi) is 4.00. The number of Topliss-reactive ketones (excluding diaryl/α,β-unsaturated/α-hetero) is 1. The van der Waals surface area contributed by atoms with Crippen LogP contribution in [0.25, 0.3) is 0 Å². The van der Waals surface area contributed by atoms with Crippen LogP contribution >= 0.6 is 15.9 Å². The zero-order valence-corrected chi connectivity index (χ0v) is 13.5. The molecule has 1 aliphatic heterocycles. The summed E-state index contributed by atoms with van der Waals surface area (Å²) in [4.78, 5) is 12.8. The zero-order chi connectivity index (χ0) is 14.2. The molecule has 1 aromatic carbocycles. The van der Waals surface area contributed by atoms with Gasteiger partial charge in [0.1, 0.15) is 0 Å². The number of benzene rings is 1. The standard InChI is InChI=1S/C17H21BrO2/c1-12-4-5-15(18)14(10-12)16(19)13-6-9-20-17(11-13)7-2-3-8-17/h4-5,10,13H,2-3,6-9,11H2,1H3. The fraction of sp³-hybridized carbons (Fsp3) is 0.588. The second-order valence-corrected chi connectivity index (χ2v) is 7.13. The molecule has 0 aromatic heterocycles. The highest BCUT2D eigenvalue weighted by Gasteiger charge is 2.42. The largest absolute Gasteiger partial charge is 0.375 e. The maximum atomic E-state index is 12.8. The van der Waals surface area contributed by atoms with Crippen LogP contribution in [0.5, 0.6) is 0 Å². The van der Waals surface area contributed by atoms with Gasteiger partial charge >= 0.3 is 0 Å². The van der Waals surface area contributed by atoms with Gasteiger partial charge in [-0.1, -0.05) is 40.4 Å². The summed E-state index contributed by atoms with van der Waals surface area (Å²) in [7, 11) is 0. The molecule has 3 rings (SSSR count). The lowest BCUT2D eigenvalue weighted by Gasteiger charge is -2.37. The molecular formula is C17H21BrO2. The van der Waals surface area contributed by atoms with Crippen LogP contribution in [0.3, 0.4) is 0 Å². The Morgan fingerprint density at radius 1 is 1.35 bits per heavy atom. The maximum absolute atomic E-state index is 12.8. The Bertz CT molecular complexity index is 518. The van der Waals surface area contributed by atoms with Gasteiger partial charge in [-0.05, 0) is 44.7 Å². The summed E-state index contributed by atoms with van der Waals surface area (Å²) in [5.74, 6) is 0.412. The first kappa shape index (κ1) is 14.3. The number of halogens is 1. The van der Waals surface area contributed by atoms with Crippen LogP contribution in [0.2, 0.25) is 0 Å². The predicted octanol–water partition coefficient (Wildman–Crippen LogP) is 4.68. The van der Waals surface area contributed by atoms with Crippen LogP contribution in [0.1, 0.15) is 54.4 Å². The molecule has 0 radical (unpaired) electrons. The number of ketones is 1. The van der Waals surface area contributed by atoms with Crippen molar-refractivity contribution in [2.24, 2.45) is 5.92 Å². The maximum Gasteiger partial charge on any atom is 0.167 e. The lowest BCUT2D eigenvalue weighted by atomic mass is 9.80. The summed E-state index contributed by atoms with van der Waals surface area (Å²) in [5.41, 5.74) is 1.98. The average molecular weight is 337 g/mol. The van der Waals surface area contributed by atoms with Gasteiger partial charge in [0.25, 0.3) is 0 Å². The van der Waals surface area contributed by atoms with Gasteiger partial charge in [-0.25, -0.2) is 0 Å². The van der Waals surface area contributed by atoms with Gasteiger partial charge in [-0.2, -0.15) is 0 Å². The molecule has 1 saturated heterocycles. The molecule has 0 amide bonds. The third-order valence-electron chi connectivity index (χ3n) is 4.77. The first-order chi connectivity index (χ1) is 9.60.